The van der Waals surface area contributed by atoms with Gasteiger partial charge in [0, 0.05) is 39.0 Å². The zero-order chi connectivity index (χ0) is 14.7. The quantitative estimate of drug-likeness (QED) is 0.746. The van der Waals surface area contributed by atoms with Gasteiger partial charge in [-0.05, 0) is 18.8 Å². The minimum Gasteiger partial charge on any atom is -0.465 e. The van der Waals surface area contributed by atoms with Crippen molar-refractivity contribution in [1.29, 1.82) is 5.26 Å². The van der Waals surface area contributed by atoms with Crippen LogP contribution >= 0.6 is 11.8 Å². The van der Waals surface area contributed by atoms with E-state index in [9.17, 15) is 4.79 Å². The maximum Gasteiger partial charge on any atom is 0.407 e. The van der Waals surface area contributed by atoms with Crippen LogP contribution in [0.3, 0.4) is 0 Å². The molecule has 1 atom stereocenters. The summed E-state index contributed by atoms with van der Waals surface area (Å²) in [5, 5.41) is 19.1. The van der Waals surface area contributed by atoms with E-state index in [4.69, 9.17) is 10.4 Å². The Kier molecular flexibility index (Phi) is 4.55. The fraction of sp³-hybridized carbons (Fsp3) is 0.615. The lowest BCUT2D eigenvalue weighted by atomic mass is 9.91. The predicted octanol–water partition coefficient (Wildman–Crippen LogP) is 1.82. The van der Waals surface area contributed by atoms with Crippen molar-refractivity contribution >= 4 is 23.0 Å². The van der Waals surface area contributed by atoms with Crippen LogP contribution < -0.4 is 0 Å². The minimum absolute atomic E-state index is 0.203. The smallest absolute Gasteiger partial charge is 0.407 e. The number of amides is 1. The summed E-state index contributed by atoms with van der Waals surface area (Å²) in [7, 11) is 3.67. The van der Waals surface area contributed by atoms with Crippen molar-refractivity contribution in [2.45, 2.75) is 18.1 Å². The van der Waals surface area contributed by atoms with Crippen molar-refractivity contribution in [3.8, 4) is 6.07 Å². The maximum absolute atomic E-state index is 10.9. The number of nitriles is 1. The summed E-state index contributed by atoms with van der Waals surface area (Å²) >= 11 is 1.67. The molecule has 2 saturated heterocycles. The van der Waals surface area contributed by atoms with Gasteiger partial charge in [-0.2, -0.15) is 5.26 Å². The maximum atomic E-state index is 10.9. The van der Waals surface area contributed by atoms with Gasteiger partial charge in [-0.1, -0.05) is 11.8 Å². The standard InChI is InChI=1S/C13H18N4O2S/c1-15-12-16(2)10(3-6-14)11(20-12)9-4-7-17(8-5-9)13(18)19/h3,9,11H,4-5,7-8H2,1-2H3,(H,18,19). The Hall–Kier alpha value is -1.68. The monoisotopic (exact) mass is 294 g/mol. The van der Waals surface area contributed by atoms with Gasteiger partial charge in [0.2, 0.25) is 0 Å². The molecule has 0 bridgehead atoms. The second-order valence-corrected chi connectivity index (χ2v) is 6.02. The third-order valence-electron chi connectivity index (χ3n) is 3.84. The number of piperidine rings is 1. The van der Waals surface area contributed by atoms with Crippen LogP contribution in [0.4, 0.5) is 4.79 Å². The van der Waals surface area contributed by atoms with Gasteiger partial charge in [0.15, 0.2) is 5.17 Å². The van der Waals surface area contributed by atoms with Crippen LogP contribution in [0.2, 0.25) is 0 Å². The number of carbonyl (C=O) groups is 1. The van der Waals surface area contributed by atoms with Crippen LogP contribution in [0.1, 0.15) is 12.8 Å². The molecule has 0 aliphatic carbocycles. The number of likely N-dealkylation sites (tertiary alicyclic amines) is 1. The molecule has 1 amide bonds. The van der Waals surface area contributed by atoms with E-state index in [1.807, 2.05) is 11.9 Å². The molecule has 0 aromatic heterocycles. The molecule has 0 saturated carbocycles. The van der Waals surface area contributed by atoms with E-state index in [0.717, 1.165) is 23.7 Å². The van der Waals surface area contributed by atoms with Gasteiger partial charge in [-0.15, -0.1) is 0 Å². The van der Waals surface area contributed by atoms with Crippen molar-refractivity contribution in [2.75, 3.05) is 27.2 Å². The Bertz CT molecular complexity index is 489. The second-order valence-electron chi connectivity index (χ2n) is 4.91. The molecule has 2 aliphatic rings. The van der Waals surface area contributed by atoms with Crippen molar-refractivity contribution < 1.29 is 9.90 Å². The number of thioether (sulfide) groups is 1. The van der Waals surface area contributed by atoms with E-state index in [-0.39, 0.29) is 5.25 Å². The summed E-state index contributed by atoms with van der Waals surface area (Å²) < 4.78 is 0. The first-order chi connectivity index (χ1) is 9.58. The second kappa shape index (κ2) is 6.18. The molecular weight excluding hydrogens is 276 g/mol. The zero-order valence-corrected chi connectivity index (χ0v) is 12.4. The Balaban J connectivity index is 2.11. The summed E-state index contributed by atoms with van der Waals surface area (Å²) in [6.07, 6.45) is 2.40. The summed E-state index contributed by atoms with van der Waals surface area (Å²) in [4.78, 5) is 18.6. The highest BCUT2D eigenvalue weighted by atomic mass is 32.2. The number of hydrogen-bond donors (Lipinski definition) is 1. The summed E-state index contributed by atoms with van der Waals surface area (Å²) in [5.41, 5.74) is 0.979. The van der Waals surface area contributed by atoms with Crippen LogP contribution in [0.15, 0.2) is 16.8 Å². The molecule has 2 heterocycles. The van der Waals surface area contributed by atoms with E-state index in [1.54, 1.807) is 24.9 Å². The van der Waals surface area contributed by atoms with Gasteiger partial charge >= 0.3 is 6.09 Å². The average molecular weight is 294 g/mol. The number of aliphatic imine (C=N–C) groups is 1. The molecule has 1 N–H and O–H groups in total. The molecule has 108 valence electrons. The van der Waals surface area contributed by atoms with E-state index >= 15 is 0 Å². The highest BCUT2D eigenvalue weighted by Crippen LogP contribution is 2.41. The van der Waals surface area contributed by atoms with Gasteiger partial charge in [-0.25, -0.2) is 4.79 Å². The van der Waals surface area contributed by atoms with Crippen LogP contribution in [0, 0.1) is 17.2 Å². The van der Waals surface area contributed by atoms with E-state index in [2.05, 4.69) is 11.1 Å². The lowest BCUT2D eigenvalue weighted by molar-refractivity contribution is 0.125. The van der Waals surface area contributed by atoms with Gasteiger partial charge in [-0.3, -0.25) is 4.99 Å². The molecule has 1 unspecified atom stereocenters. The largest absolute Gasteiger partial charge is 0.465 e. The van der Waals surface area contributed by atoms with Gasteiger partial charge in [0.05, 0.1) is 11.3 Å². The van der Waals surface area contributed by atoms with Crippen molar-refractivity contribution in [3.63, 3.8) is 0 Å². The molecule has 0 spiro atoms. The highest BCUT2D eigenvalue weighted by molar-refractivity contribution is 8.14. The summed E-state index contributed by atoms with van der Waals surface area (Å²) in [5.74, 6) is 0.386. The SMILES string of the molecule is CN=C1SC(C2CCN(C(=O)O)CC2)C(=CC#N)N1C. The fourth-order valence-corrected chi connectivity index (χ4v) is 4.14. The molecule has 2 aliphatic heterocycles. The Labute approximate surface area is 122 Å². The third kappa shape index (κ3) is 2.75. The first kappa shape index (κ1) is 14.7. The normalized spacial score (nSPS) is 28.1. The average Bonchev–Trinajstić information content (AvgIpc) is 2.76. The highest BCUT2D eigenvalue weighted by Gasteiger charge is 2.38. The van der Waals surface area contributed by atoms with E-state index in [0.29, 0.717) is 19.0 Å². The number of rotatable bonds is 1. The van der Waals surface area contributed by atoms with Gasteiger partial charge in [0.25, 0.3) is 0 Å². The van der Waals surface area contributed by atoms with Crippen LogP contribution in [-0.4, -0.2) is 58.6 Å². The van der Waals surface area contributed by atoms with Crippen LogP contribution in [0.5, 0.6) is 0 Å². The number of allylic oxidation sites excluding steroid dienone is 1. The first-order valence-electron chi connectivity index (χ1n) is 6.53. The molecule has 6 nitrogen and oxygen atoms in total. The topological polar surface area (TPSA) is 79.9 Å². The van der Waals surface area contributed by atoms with E-state index < -0.39 is 6.09 Å². The zero-order valence-electron chi connectivity index (χ0n) is 11.6. The Morgan fingerprint density at radius 3 is 2.70 bits per heavy atom. The number of carboxylic acid groups (broad SMARTS) is 1. The lowest BCUT2D eigenvalue weighted by Gasteiger charge is -2.33. The van der Waals surface area contributed by atoms with Crippen LogP contribution in [0.25, 0.3) is 0 Å². The molecular formula is C13H18N4O2S. The van der Waals surface area contributed by atoms with E-state index in [1.165, 1.54) is 4.90 Å². The Morgan fingerprint density at radius 2 is 2.20 bits per heavy atom. The third-order valence-corrected chi connectivity index (χ3v) is 5.39. The molecule has 0 aromatic rings. The predicted molar refractivity (Wildman–Crippen MR) is 78.5 cm³/mol. The molecule has 20 heavy (non-hydrogen) atoms. The summed E-state index contributed by atoms with van der Waals surface area (Å²) in [6, 6.07) is 2.10. The van der Waals surface area contributed by atoms with Crippen molar-refractivity contribution in [3.05, 3.63) is 11.8 Å². The molecule has 0 radical (unpaired) electrons. The van der Waals surface area contributed by atoms with Gasteiger partial charge in [0.1, 0.15) is 0 Å². The van der Waals surface area contributed by atoms with Gasteiger partial charge < -0.3 is 14.9 Å². The number of amidine groups is 1. The van der Waals surface area contributed by atoms with Crippen molar-refractivity contribution in [1.82, 2.24) is 9.80 Å². The fourth-order valence-electron chi connectivity index (χ4n) is 2.73. The molecule has 2 fully saturated rings. The van der Waals surface area contributed by atoms with Crippen LogP contribution in [-0.2, 0) is 0 Å². The number of hydrogen-bond acceptors (Lipinski definition) is 4. The minimum atomic E-state index is -0.844. The molecule has 2 rings (SSSR count). The molecule has 0 aromatic carbocycles. The number of nitrogens with zero attached hydrogens (tertiary/aromatic N) is 4. The Morgan fingerprint density at radius 1 is 1.55 bits per heavy atom. The summed E-state index contributed by atoms with van der Waals surface area (Å²) in [6.45, 7) is 1.14. The first-order valence-corrected chi connectivity index (χ1v) is 7.41. The lowest BCUT2D eigenvalue weighted by Crippen LogP contribution is -2.40. The van der Waals surface area contributed by atoms with Crippen molar-refractivity contribution in [2.24, 2.45) is 10.9 Å². The molecule has 7 heteroatoms.